The van der Waals surface area contributed by atoms with E-state index in [4.69, 9.17) is 21.1 Å². The first kappa shape index (κ1) is 24.8. The lowest BCUT2D eigenvalue weighted by Gasteiger charge is -2.33. The van der Waals surface area contributed by atoms with Gasteiger partial charge in [0.15, 0.2) is 23.2 Å². The highest BCUT2D eigenvalue weighted by molar-refractivity contribution is 6.31. The smallest absolute Gasteiger partial charge is 0.410 e. The zero-order valence-electron chi connectivity index (χ0n) is 19.8. The van der Waals surface area contributed by atoms with E-state index in [0.717, 1.165) is 21.3 Å². The number of carbonyl (C=O) groups excluding carboxylic acids is 1. The summed E-state index contributed by atoms with van der Waals surface area (Å²) in [4.78, 5) is 16.0. The summed E-state index contributed by atoms with van der Waals surface area (Å²) in [7, 11) is 2.94. The largest absolute Gasteiger partial charge is 0.493 e. The molecule has 8 nitrogen and oxygen atoms in total. The van der Waals surface area contributed by atoms with Gasteiger partial charge in [0.2, 0.25) is 0 Å². The normalized spacial score (nSPS) is 17.2. The van der Waals surface area contributed by atoms with Crippen molar-refractivity contribution in [2.45, 2.75) is 31.2 Å². The fourth-order valence-corrected chi connectivity index (χ4v) is 4.68. The number of hydrogen-bond acceptors (Lipinski definition) is 5. The van der Waals surface area contributed by atoms with Gasteiger partial charge < -0.3 is 25.1 Å². The Kier molecular flexibility index (Phi) is 6.40. The number of anilines is 1. The van der Waals surface area contributed by atoms with Crippen molar-refractivity contribution in [3.63, 3.8) is 0 Å². The molecule has 3 heterocycles. The molecule has 2 atom stereocenters. The molecule has 4 aromatic rings. The quantitative estimate of drug-likeness (QED) is 0.299. The van der Waals surface area contributed by atoms with Crippen LogP contribution in [0.2, 0.25) is 5.02 Å². The predicted octanol–water partition coefficient (Wildman–Crippen LogP) is 5.63. The lowest BCUT2D eigenvalue weighted by atomic mass is 9.96. The lowest BCUT2D eigenvalue weighted by molar-refractivity contribution is -0.173. The Hall–Kier alpha value is -3.86. The van der Waals surface area contributed by atoms with E-state index in [2.05, 4.69) is 20.7 Å². The minimum atomic E-state index is -4.57. The molecule has 0 saturated heterocycles. The minimum Gasteiger partial charge on any atom is -0.493 e. The van der Waals surface area contributed by atoms with E-state index in [-0.39, 0.29) is 24.5 Å². The number of halogens is 4. The van der Waals surface area contributed by atoms with Crippen LogP contribution in [0.4, 0.5) is 19.0 Å². The highest BCUT2D eigenvalue weighted by atomic mass is 35.5. The van der Waals surface area contributed by atoms with Gasteiger partial charge in [0, 0.05) is 34.1 Å². The van der Waals surface area contributed by atoms with Crippen LogP contribution < -0.4 is 20.1 Å². The number of hydrogen-bond donors (Lipinski definition) is 3. The molecule has 1 aliphatic heterocycles. The molecule has 37 heavy (non-hydrogen) atoms. The third-order valence-corrected chi connectivity index (χ3v) is 6.55. The number of aromatic amines is 1. The molecule has 0 saturated carbocycles. The molecule has 0 radical (unpaired) electrons. The second-order valence-electron chi connectivity index (χ2n) is 8.67. The number of alkyl halides is 3. The average molecular weight is 534 g/mol. The van der Waals surface area contributed by atoms with Crippen LogP contribution in [0.15, 0.2) is 48.5 Å². The number of benzene rings is 2. The van der Waals surface area contributed by atoms with Crippen molar-refractivity contribution in [2.75, 3.05) is 19.5 Å². The Labute approximate surface area is 214 Å². The number of nitrogens with zero attached hydrogens (tertiary/aromatic N) is 2. The third kappa shape index (κ3) is 4.91. The van der Waals surface area contributed by atoms with Crippen molar-refractivity contribution >= 4 is 34.2 Å². The van der Waals surface area contributed by atoms with Crippen LogP contribution >= 0.6 is 11.6 Å². The van der Waals surface area contributed by atoms with Gasteiger partial charge in [-0.1, -0.05) is 17.7 Å². The summed E-state index contributed by atoms with van der Waals surface area (Å²) in [6, 6.07) is 10.9. The summed E-state index contributed by atoms with van der Waals surface area (Å²) in [5, 5.41) is 11.3. The van der Waals surface area contributed by atoms with Gasteiger partial charge in [0.1, 0.15) is 5.82 Å². The van der Waals surface area contributed by atoms with E-state index in [1.165, 1.54) is 20.3 Å². The van der Waals surface area contributed by atoms with Crippen LogP contribution in [0, 0.1) is 0 Å². The van der Waals surface area contributed by atoms with Crippen molar-refractivity contribution in [1.29, 1.82) is 0 Å². The van der Waals surface area contributed by atoms with Gasteiger partial charge >= 0.3 is 6.18 Å². The number of methoxy groups -OCH3 is 2. The predicted molar refractivity (Wildman–Crippen MR) is 132 cm³/mol. The molecule has 2 aromatic carbocycles. The number of fused-ring (bicyclic) bond motifs is 2. The van der Waals surface area contributed by atoms with Gasteiger partial charge in [-0.25, -0.2) is 4.68 Å². The first-order valence-electron chi connectivity index (χ1n) is 11.4. The van der Waals surface area contributed by atoms with Gasteiger partial charge in [-0.15, -0.1) is 0 Å². The number of amides is 1. The molecule has 0 fully saturated rings. The van der Waals surface area contributed by atoms with Crippen LogP contribution in [-0.4, -0.2) is 41.1 Å². The molecular weight excluding hydrogens is 511 g/mol. The van der Waals surface area contributed by atoms with E-state index in [0.29, 0.717) is 22.1 Å². The summed E-state index contributed by atoms with van der Waals surface area (Å²) < 4.78 is 53.5. The molecule has 1 aliphatic rings. The van der Waals surface area contributed by atoms with Gasteiger partial charge in [-0.05, 0) is 42.0 Å². The molecule has 5 rings (SSSR count). The molecule has 3 N–H and O–H groups in total. The maximum Gasteiger partial charge on any atom is 0.410 e. The first-order valence-corrected chi connectivity index (χ1v) is 11.7. The fraction of sp³-hybridized carbons (Fsp3) is 0.280. The van der Waals surface area contributed by atoms with Crippen LogP contribution in [0.1, 0.15) is 40.3 Å². The van der Waals surface area contributed by atoms with Crippen molar-refractivity contribution in [1.82, 2.24) is 20.1 Å². The SMILES string of the molecule is COc1ccc([C@H]2C[C@@H](C(F)(F)F)n3nc(C(=O)NCc4cc5cc(Cl)ccc5[nH]4)cc3N2)cc1OC. The monoisotopic (exact) mass is 533 g/mol. The molecule has 1 amide bonds. The highest BCUT2D eigenvalue weighted by Gasteiger charge is 2.47. The minimum absolute atomic E-state index is 0.0961. The Morgan fingerprint density at radius 2 is 1.92 bits per heavy atom. The Bertz CT molecular complexity index is 1470. The summed E-state index contributed by atoms with van der Waals surface area (Å²) in [5.41, 5.74) is 2.03. The topological polar surface area (TPSA) is 93.2 Å². The van der Waals surface area contributed by atoms with Crippen molar-refractivity contribution in [3.8, 4) is 11.5 Å². The Morgan fingerprint density at radius 1 is 1.14 bits per heavy atom. The maximum atomic E-state index is 14.0. The van der Waals surface area contributed by atoms with Gasteiger partial charge in [-0.3, -0.25) is 4.79 Å². The Balaban J connectivity index is 1.37. The van der Waals surface area contributed by atoms with E-state index < -0.39 is 24.2 Å². The third-order valence-electron chi connectivity index (χ3n) is 6.31. The molecule has 0 spiro atoms. The van der Waals surface area contributed by atoms with E-state index in [1.807, 2.05) is 12.1 Å². The molecule has 0 unspecified atom stereocenters. The van der Waals surface area contributed by atoms with Crippen LogP contribution in [-0.2, 0) is 6.54 Å². The lowest BCUT2D eigenvalue weighted by Crippen LogP contribution is -2.35. The molecule has 0 aliphatic carbocycles. The molecule has 0 bridgehead atoms. The summed E-state index contributed by atoms with van der Waals surface area (Å²) in [5.74, 6) is 0.378. The van der Waals surface area contributed by atoms with Crippen molar-refractivity contribution in [2.24, 2.45) is 0 Å². The van der Waals surface area contributed by atoms with Crippen LogP contribution in [0.5, 0.6) is 11.5 Å². The van der Waals surface area contributed by atoms with E-state index >= 15 is 0 Å². The number of H-pyrrole nitrogens is 1. The van der Waals surface area contributed by atoms with Crippen molar-refractivity contribution < 1.29 is 27.4 Å². The molecule has 194 valence electrons. The number of aromatic nitrogens is 3. The standard InChI is InChI=1S/C25H23ClF3N5O3/c1-36-20-6-3-13(9-21(20)37-2)18-10-22(25(27,28)29)34-23(32-18)11-19(33-34)24(35)30-12-16-8-14-7-15(26)4-5-17(14)31-16/h3-9,11,18,22,31-32H,10,12H2,1-2H3,(H,30,35)/t18-,22+/m1/s1. The van der Waals surface area contributed by atoms with Gasteiger partial charge in [-0.2, -0.15) is 18.3 Å². The summed E-state index contributed by atoms with van der Waals surface area (Å²) >= 11 is 6.01. The zero-order valence-corrected chi connectivity index (χ0v) is 20.6. The highest BCUT2D eigenvalue weighted by Crippen LogP contribution is 2.44. The van der Waals surface area contributed by atoms with E-state index in [1.54, 1.807) is 30.3 Å². The van der Waals surface area contributed by atoms with E-state index in [9.17, 15) is 18.0 Å². The fourth-order valence-electron chi connectivity index (χ4n) is 4.50. The van der Waals surface area contributed by atoms with Crippen molar-refractivity contribution in [3.05, 3.63) is 70.5 Å². The van der Waals surface area contributed by atoms with Crippen LogP contribution in [0.25, 0.3) is 10.9 Å². The second kappa shape index (κ2) is 9.55. The average Bonchev–Trinajstić information content (AvgIpc) is 3.49. The summed E-state index contributed by atoms with van der Waals surface area (Å²) in [6.45, 7) is 0.137. The molecule has 12 heteroatoms. The Morgan fingerprint density at radius 3 is 2.65 bits per heavy atom. The van der Waals surface area contributed by atoms with Gasteiger partial charge in [0.05, 0.1) is 26.8 Å². The second-order valence-corrected chi connectivity index (χ2v) is 9.11. The van der Waals surface area contributed by atoms with Crippen LogP contribution in [0.3, 0.4) is 0 Å². The maximum absolute atomic E-state index is 14.0. The van der Waals surface area contributed by atoms with Gasteiger partial charge in [0.25, 0.3) is 5.91 Å². The number of carbonyl (C=O) groups is 1. The summed E-state index contributed by atoms with van der Waals surface area (Å²) in [6.07, 6.45) is -4.89. The number of rotatable bonds is 6. The molecular formula is C25H23ClF3N5O3. The number of nitrogens with one attached hydrogen (secondary N) is 3. The molecule has 2 aromatic heterocycles. The first-order chi connectivity index (χ1) is 17.7. The number of ether oxygens (including phenoxy) is 2. The zero-order chi connectivity index (χ0) is 26.3.